The van der Waals surface area contributed by atoms with Crippen LogP contribution in [0.2, 0.25) is 5.02 Å². The molecule has 0 bridgehead atoms. The molecule has 0 saturated carbocycles. The number of sulfonamides is 1. The fourth-order valence-electron chi connectivity index (χ4n) is 3.23. The molecule has 34 heavy (non-hydrogen) atoms. The fourth-order valence-corrected chi connectivity index (χ4v) is 4.84. The van der Waals surface area contributed by atoms with Crippen molar-refractivity contribution in [3.05, 3.63) is 83.4 Å². The van der Waals surface area contributed by atoms with Crippen LogP contribution in [0.4, 0.5) is 5.69 Å². The average Bonchev–Trinajstić information content (AvgIpc) is 2.82. The standard InChI is InChI=1S/C25H27ClN2O5S/c1-18-9-12-21(13-10-18)33-17-19(2)27-25(29)16-28(23-15-20(26)11-14-24(23)32-3)34(30,31)22-7-5-4-6-8-22/h4-15,19H,16-17H2,1-3H3,(H,27,29). The van der Waals surface area contributed by atoms with Crippen molar-refractivity contribution in [3.63, 3.8) is 0 Å². The number of hydrogen-bond donors (Lipinski definition) is 1. The lowest BCUT2D eigenvalue weighted by molar-refractivity contribution is -0.120. The summed E-state index contributed by atoms with van der Waals surface area (Å²) in [5, 5.41) is 3.10. The van der Waals surface area contributed by atoms with E-state index in [1.165, 1.54) is 25.3 Å². The number of rotatable bonds is 10. The minimum Gasteiger partial charge on any atom is -0.495 e. The molecular weight excluding hydrogens is 476 g/mol. The summed E-state index contributed by atoms with van der Waals surface area (Å²) < 4.78 is 39.1. The molecule has 0 saturated heterocycles. The molecule has 0 heterocycles. The van der Waals surface area contributed by atoms with Crippen LogP contribution in [0.15, 0.2) is 77.7 Å². The van der Waals surface area contributed by atoms with E-state index in [0.717, 1.165) is 9.87 Å². The molecule has 3 rings (SSSR count). The summed E-state index contributed by atoms with van der Waals surface area (Å²) in [6.45, 7) is 3.52. The van der Waals surface area contributed by atoms with E-state index in [1.54, 1.807) is 37.3 Å². The third kappa shape index (κ3) is 6.42. The smallest absolute Gasteiger partial charge is 0.264 e. The maximum atomic E-state index is 13.5. The first-order chi connectivity index (χ1) is 16.2. The topological polar surface area (TPSA) is 84.9 Å². The number of carbonyl (C=O) groups is 1. The average molecular weight is 503 g/mol. The van der Waals surface area contributed by atoms with E-state index < -0.39 is 22.5 Å². The number of anilines is 1. The van der Waals surface area contributed by atoms with Crippen LogP contribution in [0.1, 0.15) is 12.5 Å². The number of hydrogen-bond acceptors (Lipinski definition) is 5. The molecule has 0 aliphatic carbocycles. The van der Waals surface area contributed by atoms with Gasteiger partial charge in [0.2, 0.25) is 5.91 Å². The number of nitrogens with one attached hydrogen (secondary N) is 1. The molecule has 9 heteroatoms. The van der Waals surface area contributed by atoms with E-state index in [1.807, 2.05) is 31.2 Å². The van der Waals surface area contributed by atoms with Gasteiger partial charge in [0, 0.05) is 5.02 Å². The Hall–Kier alpha value is -3.23. The Labute approximate surface area is 205 Å². The van der Waals surface area contributed by atoms with Gasteiger partial charge in [-0.25, -0.2) is 8.42 Å². The highest BCUT2D eigenvalue weighted by Crippen LogP contribution is 2.34. The number of carbonyl (C=O) groups excluding carboxylic acids is 1. The van der Waals surface area contributed by atoms with Gasteiger partial charge in [0.25, 0.3) is 10.0 Å². The van der Waals surface area contributed by atoms with Crippen LogP contribution in [0, 0.1) is 6.92 Å². The zero-order valence-electron chi connectivity index (χ0n) is 19.2. The van der Waals surface area contributed by atoms with E-state index in [0.29, 0.717) is 10.8 Å². The number of methoxy groups -OCH3 is 1. The molecule has 3 aromatic rings. The van der Waals surface area contributed by atoms with Gasteiger partial charge in [0.1, 0.15) is 24.7 Å². The number of benzene rings is 3. The summed E-state index contributed by atoms with van der Waals surface area (Å²) in [5.41, 5.74) is 1.28. The molecular formula is C25H27ClN2O5S. The first-order valence-electron chi connectivity index (χ1n) is 10.6. The van der Waals surface area contributed by atoms with Crippen LogP contribution >= 0.6 is 11.6 Å². The zero-order chi connectivity index (χ0) is 24.7. The molecule has 1 amide bonds. The summed E-state index contributed by atoms with van der Waals surface area (Å²) in [5.74, 6) is 0.456. The molecule has 0 aromatic heterocycles. The minimum atomic E-state index is -4.09. The van der Waals surface area contributed by atoms with Crippen molar-refractivity contribution in [2.45, 2.75) is 24.8 Å². The third-order valence-corrected chi connectivity index (χ3v) is 6.97. The number of aryl methyl sites for hydroxylation is 1. The normalized spacial score (nSPS) is 12.0. The minimum absolute atomic E-state index is 0.0422. The molecule has 1 N–H and O–H groups in total. The van der Waals surface area contributed by atoms with Gasteiger partial charge in [0.05, 0.1) is 23.7 Å². The molecule has 3 aromatic carbocycles. The molecule has 7 nitrogen and oxygen atoms in total. The van der Waals surface area contributed by atoms with Crippen LogP contribution in [-0.2, 0) is 14.8 Å². The number of halogens is 1. The van der Waals surface area contributed by atoms with Crippen molar-refractivity contribution < 1.29 is 22.7 Å². The molecule has 0 fully saturated rings. The number of nitrogens with zero attached hydrogens (tertiary/aromatic N) is 1. The third-order valence-electron chi connectivity index (χ3n) is 4.96. The van der Waals surface area contributed by atoms with Crippen LogP contribution < -0.4 is 19.1 Å². The zero-order valence-corrected chi connectivity index (χ0v) is 20.8. The fraction of sp³-hybridized carbons (Fsp3) is 0.240. The van der Waals surface area contributed by atoms with Crippen molar-refractivity contribution in [2.75, 3.05) is 24.6 Å². The Kier molecular flexibility index (Phi) is 8.41. The predicted octanol–water partition coefficient (Wildman–Crippen LogP) is 4.44. The highest BCUT2D eigenvalue weighted by molar-refractivity contribution is 7.92. The van der Waals surface area contributed by atoms with E-state index in [4.69, 9.17) is 21.1 Å². The van der Waals surface area contributed by atoms with Crippen molar-refractivity contribution in [3.8, 4) is 11.5 Å². The van der Waals surface area contributed by atoms with Crippen molar-refractivity contribution >= 4 is 33.2 Å². The molecule has 0 aliphatic heterocycles. The van der Waals surface area contributed by atoms with Crippen molar-refractivity contribution in [1.82, 2.24) is 5.32 Å². The molecule has 1 atom stereocenters. The summed E-state index contributed by atoms with van der Waals surface area (Å²) in [6, 6.07) is 19.7. The number of amides is 1. The van der Waals surface area contributed by atoms with Crippen LogP contribution in [-0.4, -0.2) is 40.6 Å². The first-order valence-corrected chi connectivity index (χ1v) is 12.4. The van der Waals surface area contributed by atoms with Crippen LogP contribution in [0.25, 0.3) is 0 Å². The van der Waals surface area contributed by atoms with Gasteiger partial charge >= 0.3 is 0 Å². The van der Waals surface area contributed by atoms with Gasteiger partial charge in [-0.05, 0) is 56.3 Å². The molecule has 180 valence electrons. The lowest BCUT2D eigenvalue weighted by atomic mass is 10.2. The van der Waals surface area contributed by atoms with Crippen LogP contribution in [0.5, 0.6) is 11.5 Å². The number of ether oxygens (including phenoxy) is 2. The summed E-state index contributed by atoms with van der Waals surface area (Å²) in [4.78, 5) is 13.0. The summed E-state index contributed by atoms with van der Waals surface area (Å²) >= 11 is 6.15. The Morgan fingerprint density at radius 2 is 1.74 bits per heavy atom. The largest absolute Gasteiger partial charge is 0.495 e. The van der Waals surface area contributed by atoms with Gasteiger partial charge in [0.15, 0.2) is 0 Å². The van der Waals surface area contributed by atoms with Crippen LogP contribution in [0.3, 0.4) is 0 Å². The van der Waals surface area contributed by atoms with Gasteiger partial charge < -0.3 is 14.8 Å². The monoisotopic (exact) mass is 502 g/mol. The Balaban J connectivity index is 1.81. The molecule has 0 radical (unpaired) electrons. The maximum absolute atomic E-state index is 13.5. The molecule has 1 unspecified atom stereocenters. The van der Waals surface area contributed by atoms with E-state index in [2.05, 4.69) is 5.32 Å². The van der Waals surface area contributed by atoms with E-state index >= 15 is 0 Å². The van der Waals surface area contributed by atoms with Gasteiger partial charge in [-0.15, -0.1) is 0 Å². The SMILES string of the molecule is COc1ccc(Cl)cc1N(CC(=O)NC(C)COc1ccc(C)cc1)S(=O)(=O)c1ccccc1. The maximum Gasteiger partial charge on any atom is 0.264 e. The van der Waals surface area contributed by atoms with E-state index in [9.17, 15) is 13.2 Å². The lowest BCUT2D eigenvalue weighted by Gasteiger charge is -2.26. The van der Waals surface area contributed by atoms with E-state index in [-0.39, 0.29) is 29.0 Å². The second kappa shape index (κ2) is 11.3. The summed E-state index contributed by atoms with van der Waals surface area (Å²) in [7, 11) is -2.67. The second-order valence-electron chi connectivity index (χ2n) is 7.73. The molecule has 0 aliphatic rings. The van der Waals surface area contributed by atoms with Gasteiger partial charge in [-0.1, -0.05) is 47.5 Å². The van der Waals surface area contributed by atoms with Crippen molar-refractivity contribution in [1.29, 1.82) is 0 Å². The highest BCUT2D eigenvalue weighted by Gasteiger charge is 2.30. The van der Waals surface area contributed by atoms with Gasteiger partial charge in [-0.3, -0.25) is 9.10 Å². The highest BCUT2D eigenvalue weighted by atomic mass is 35.5. The Morgan fingerprint density at radius 3 is 2.38 bits per heavy atom. The lowest BCUT2D eigenvalue weighted by Crippen LogP contribution is -2.45. The van der Waals surface area contributed by atoms with Crippen molar-refractivity contribution in [2.24, 2.45) is 0 Å². The Morgan fingerprint density at radius 1 is 1.06 bits per heavy atom. The van der Waals surface area contributed by atoms with Gasteiger partial charge in [-0.2, -0.15) is 0 Å². The Bertz CT molecular complexity index is 1220. The molecule has 0 spiro atoms. The summed E-state index contributed by atoms with van der Waals surface area (Å²) in [6.07, 6.45) is 0. The predicted molar refractivity (Wildman–Crippen MR) is 133 cm³/mol. The second-order valence-corrected chi connectivity index (χ2v) is 10.0. The first kappa shape index (κ1) is 25.4. The quantitative estimate of drug-likeness (QED) is 0.443.